The number of fused-ring (bicyclic) bond motifs is 2. The molecule has 1 fully saturated rings. The van der Waals surface area contributed by atoms with Crippen LogP contribution < -0.4 is 0 Å². The summed E-state index contributed by atoms with van der Waals surface area (Å²) in [5.41, 5.74) is 1.16. The van der Waals surface area contributed by atoms with Crippen molar-refractivity contribution in [3.05, 3.63) is 63.8 Å². The van der Waals surface area contributed by atoms with Crippen molar-refractivity contribution in [2.24, 2.45) is 11.8 Å². The van der Waals surface area contributed by atoms with Crippen LogP contribution in [0, 0.1) is 11.8 Å². The summed E-state index contributed by atoms with van der Waals surface area (Å²) >= 11 is 3.83. The third-order valence-corrected chi connectivity index (χ3v) is 7.73. The van der Waals surface area contributed by atoms with Crippen molar-refractivity contribution in [3.8, 4) is 0 Å². The van der Waals surface area contributed by atoms with E-state index >= 15 is 0 Å². The first-order chi connectivity index (χ1) is 12.4. The lowest BCUT2D eigenvalue weighted by molar-refractivity contribution is 0.204. The van der Waals surface area contributed by atoms with Crippen molar-refractivity contribution in [2.45, 2.75) is 32.1 Å². The van der Waals surface area contributed by atoms with Crippen molar-refractivity contribution < 1.29 is 0 Å². The molecule has 1 aliphatic carbocycles. The summed E-state index contributed by atoms with van der Waals surface area (Å²) < 4.78 is 1.33. The van der Waals surface area contributed by atoms with Gasteiger partial charge in [0.2, 0.25) is 0 Å². The Morgan fingerprint density at radius 1 is 1.00 bits per heavy atom. The fraction of sp³-hybridized carbons (Fsp3) is 0.318. The summed E-state index contributed by atoms with van der Waals surface area (Å²) in [5, 5.41) is 6.50. The van der Waals surface area contributed by atoms with Gasteiger partial charge in [-0.1, -0.05) is 55.7 Å². The molecule has 0 aliphatic heterocycles. The van der Waals surface area contributed by atoms with E-state index in [-0.39, 0.29) is 0 Å². The number of aromatic nitrogens is 1. The van der Waals surface area contributed by atoms with E-state index in [0.717, 1.165) is 23.8 Å². The number of benzene rings is 2. The maximum atomic E-state index is 4.91. The highest BCUT2D eigenvalue weighted by Gasteiger charge is 2.29. The van der Waals surface area contributed by atoms with E-state index in [1.54, 1.807) is 4.88 Å². The first-order valence-electron chi connectivity index (χ1n) is 9.16. The van der Waals surface area contributed by atoms with Gasteiger partial charge in [0.1, 0.15) is 0 Å². The lowest BCUT2D eigenvalue weighted by Crippen LogP contribution is -2.25. The Balaban J connectivity index is 1.43. The minimum Gasteiger partial charge on any atom is -0.241 e. The number of hydrogen-bond acceptors (Lipinski definition) is 3. The van der Waals surface area contributed by atoms with E-state index in [9.17, 15) is 0 Å². The van der Waals surface area contributed by atoms with Crippen molar-refractivity contribution in [2.75, 3.05) is 0 Å². The first kappa shape index (κ1) is 15.5. The van der Waals surface area contributed by atoms with Crippen LogP contribution in [0.15, 0.2) is 53.9 Å². The second-order valence-corrected chi connectivity index (χ2v) is 9.26. The molecule has 5 rings (SSSR count). The Bertz CT molecular complexity index is 976. The molecule has 0 bridgehead atoms. The number of thiazole rings is 1. The van der Waals surface area contributed by atoms with Gasteiger partial charge in [-0.15, -0.1) is 22.7 Å². The van der Waals surface area contributed by atoms with Gasteiger partial charge in [0.15, 0.2) is 0 Å². The van der Waals surface area contributed by atoms with Crippen LogP contribution in [-0.4, -0.2) is 4.98 Å². The van der Waals surface area contributed by atoms with Gasteiger partial charge >= 0.3 is 0 Å². The molecule has 0 amide bonds. The Morgan fingerprint density at radius 2 is 1.84 bits per heavy atom. The average Bonchev–Trinajstić information content (AvgIpc) is 3.17. The van der Waals surface area contributed by atoms with Crippen LogP contribution in [0.25, 0.3) is 21.0 Å². The van der Waals surface area contributed by atoms with Crippen LogP contribution in [0.3, 0.4) is 0 Å². The van der Waals surface area contributed by atoms with Gasteiger partial charge in [-0.25, -0.2) is 4.98 Å². The number of hydrogen-bond donors (Lipinski definition) is 0. The topological polar surface area (TPSA) is 12.9 Å². The molecule has 1 aliphatic rings. The van der Waals surface area contributed by atoms with Crippen LogP contribution >= 0.6 is 22.7 Å². The van der Waals surface area contributed by atoms with Crippen LogP contribution in [0.2, 0.25) is 0 Å². The number of para-hydroxylation sites is 1. The van der Waals surface area contributed by atoms with Gasteiger partial charge in [0, 0.05) is 11.3 Å². The normalized spacial score (nSPS) is 16.3. The van der Waals surface area contributed by atoms with Crippen LogP contribution in [0.5, 0.6) is 0 Å². The molecule has 0 spiro atoms. The molecule has 1 atom stereocenters. The van der Waals surface area contributed by atoms with E-state index in [1.165, 1.54) is 46.2 Å². The van der Waals surface area contributed by atoms with Crippen molar-refractivity contribution >= 4 is 43.7 Å². The summed E-state index contributed by atoms with van der Waals surface area (Å²) in [7, 11) is 0. The second kappa shape index (κ2) is 6.54. The fourth-order valence-corrected chi connectivity index (χ4v) is 6.15. The predicted molar refractivity (Wildman–Crippen MR) is 110 cm³/mol. The Kier molecular flexibility index (Phi) is 4.07. The highest BCUT2D eigenvalue weighted by Crippen LogP contribution is 2.40. The molecule has 2 aromatic heterocycles. The molecule has 2 heterocycles. The average molecular weight is 364 g/mol. The van der Waals surface area contributed by atoms with E-state index in [1.807, 2.05) is 22.7 Å². The lowest BCUT2D eigenvalue weighted by Gasteiger charge is -2.33. The zero-order chi connectivity index (χ0) is 16.6. The second-order valence-electron chi connectivity index (χ2n) is 7.18. The molecule has 25 heavy (non-hydrogen) atoms. The maximum absolute atomic E-state index is 4.91. The molecule has 0 saturated heterocycles. The number of rotatable bonds is 5. The smallest absolute Gasteiger partial charge is 0.0941 e. The Hall–Kier alpha value is -1.71. The summed E-state index contributed by atoms with van der Waals surface area (Å²) in [6.07, 6.45) is 6.55. The zero-order valence-corrected chi connectivity index (χ0v) is 15.8. The van der Waals surface area contributed by atoms with E-state index in [2.05, 4.69) is 53.9 Å². The fourth-order valence-electron chi connectivity index (χ4n) is 4.00. The predicted octanol–water partition coefficient (Wildman–Crippen LogP) is 6.71. The quantitative estimate of drug-likeness (QED) is 0.384. The van der Waals surface area contributed by atoms with Crippen LogP contribution in [-0.2, 0) is 12.8 Å². The molecular weight excluding hydrogens is 342 g/mol. The first-order valence-corrected chi connectivity index (χ1v) is 10.9. The minimum absolute atomic E-state index is 0.733. The van der Waals surface area contributed by atoms with E-state index in [0.29, 0.717) is 0 Å². The highest BCUT2D eigenvalue weighted by atomic mass is 32.1. The molecular formula is C22H21NS2. The van der Waals surface area contributed by atoms with Gasteiger partial charge in [0.05, 0.1) is 15.2 Å². The molecule has 1 saturated carbocycles. The Labute approximate surface area is 156 Å². The van der Waals surface area contributed by atoms with Gasteiger partial charge in [0.25, 0.3) is 0 Å². The van der Waals surface area contributed by atoms with E-state index in [4.69, 9.17) is 4.98 Å². The third kappa shape index (κ3) is 3.00. The molecule has 3 heteroatoms. The highest BCUT2D eigenvalue weighted by molar-refractivity contribution is 7.18. The number of nitrogens with zero attached hydrogens (tertiary/aromatic N) is 1. The van der Waals surface area contributed by atoms with Crippen LogP contribution in [0.1, 0.15) is 29.1 Å². The zero-order valence-electron chi connectivity index (χ0n) is 14.2. The lowest BCUT2D eigenvalue weighted by atomic mass is 9.73. The number of thiophene rings is 1. The maximum Gasteiger partial charge on any atom is 0.0941 e. The van der Waals surface area contributed by atoms with Gasteiger partial charge in [-0.3, -0.25) is 0 Å². The SMILES string of the molecule is c1ccc2c(CC(Cc3nc4ccccc4s3)C3CCC3)scc2c1. The minimum atomic E-state index is 0.733. The summed E-state index contributed by atoms with van der Waals surface area (Å²) in [6, 6.07) is 17.4. The van der Waals surface area contributed by atoms with Crippen molar-refractivity contribution in [1.29, 1.82) is 0 Å². The molecule has 4 aromatic rings. The molecule has 1 unspecified atom stereocenters. The molecule has 1 nitrogen and oxygen atoms in total. The van der Waals surface area contributed by atoms with Gasteiger partial charge in [-0.2, -0.15) is 0 Å². The van der Waals surface area contributed by atoms with Gasteiger partial charge < -0.3 is 0 Å². The molecule has 126 valence electrons. The molecule has 2 aromatic carbocycles. The van der Waals surface area contributed by atoms with E-state index < -0.39 is 0 Å². The summed E-state index contributed by atoms with van der Waals surface area (Å²) in [4.78, 5) is 6.47. The van der Waals surface area contributed by atoms with Crippen LogP contribution in [0.4, 0.5) is 0 Å². The van der Waals surface area contributed by atoms with Crippen molar-refractivity contribution in [3.63, 3.8) is 0 Å². The molecule has 0 radical (unpaired) electrons. The standard InChI is InChI=1S/C22H21NS2/c1-2-9-18-16(6-1)14-24-21(18)12-17(15-7-5-8-15)13-22-23-19-10-3-4-11-20(19)25-22/h1-4,6,9-11,14-15,17H,5,7-8,12-13H2. The Morgan fingerprint density at radius 3 is 2.68 bits per heavy atom. The largest absolute Gasteiger partial charge is 0.241 e. The van der Waals surface area contributed by atoms with Crippen molar-refractivity contribution in [1.82, 2.24) is 4.98 Å². The molecule has 0 N–H and O–H groups in total. The monoisotopic (exact) mass is 363 g/mol. The third-order valence-electron chi connectivity index (χ3n) is 5.63. The van der Waals surface area contributed by atoms with Gasteiger partial charge in [-0.05, 0) is 46.5 Å². The summed E-state index contributed by atoms with van der Waals surface area (Å²) in [6.45, 7) is 0. The summed E-state index contributed by atoms with van der Waals surface area (Å²) in [5.74, 6) is 1.62.